The topological polar surface area (TPSA) is 104 Å². The third-order valence-electron chi connectivity index (χ3n) is 2.98. The van der Waals surface area contributed by atoms with E-state index in [-0.39, 0.29) is 18.0 Å². The van der Waals surface area contributed by atoms with Gasteiger partial charge in [0.25, 0.3) is 0 Å². The molecule has 0 spiro atoms. The fourth-order valence-electron chi connectivity index (χ4n) is 1.42. The predicted molar refractivity (Wildman–Crippen MR) is 56.8 cm³/mol. The number of hydrogen-bond donors (Lipinski definition) is 4. The highest BCUT2D eigenvalue weighted by atomic mass is 15.0. The van der Waals surface area contributed by atoms with Crippen molar-refractivity contribution in [3.8, 4) is 0 Å². The van der Waals surface area contributed by atoms with Gasteiger partial charge in [-0.3, -0.25) is 0 Å². The van der Waals surface area contributed by atoms with E-state index in [0.29, 0.717) is 0 Å². The summed E-state index contributed by atoms with van der Waals surface area (Å²) in [6, 6.07) is -0.173. The lowest BCUT2D eigenvalue weighted by Crippen LogP contribution is -2.68. The minimum absolute atomic E-state index is 0.0209. The van der Waals surface area contributed by atoms with Crippen LogP contribution in [0.2, 0.25) is 0 Å². The maximum atomic E-state index is 5.96. The molecule has 0 rings (SSSR count). The summed E-state index contributed by atoms with van der Waals surface area (Å²) in [4.78, 5) is 0. The van der Waals surface area contributed by atoms with Gasteiger partial charge in [-0.05, 0) is 12.8 Å². The largest absolute Gasteiger partial charge is 0.327 e. The molecule has 0 saturated heterocycles. The molecule has 0 fully saturated rings. The number of nitrogens with two attached hydrogens (primary N) is 4. The van der Waals surface area contributed by atoms with E-state index in [2.05, 4.69) is 0 Å². The molecule has 0 aromatic carbocycles. The molecule has 0 aliphatic heterocycles. The normalized spacial score (nSPS) is 19.6. The number of rotatable bonds is 5. The predicted octanol–water partition coefficient (Wildman–Crippen LogP) is -0.289. The van der Waals surface area contributed by atoms with Gasteiger partial charge in [-0.25, -0.2) is 0 Å². The molecule has 0 radical (unpaired) electrons. The molecule has 0 bridgehead atoms. The Morgan fingerprint density at radius 3 is 1.85 bits per heavy atom. The van der Waals surface area contributed by atoms with E-state index in [1.165, 1.54) is 0 Å². The fraction of sp³-hybridized carbons (Fsp3) is 1.00. The van der Waals surface area contributed by atoms with Crippen molar-refractivity contribution in [2.45, 2.75) is 51.4 Å². The van der Waals surface area contributed by atoms with Crippen LogP contribution in [-0.4, -0.2) is 17.7 Å². The summed E-state index contributed by atoms with van der Waals surface area (Å²) in [5.74, 6) is 0.0347. The lowest BCUT2D eigenvalue weighted by atomic mass is 9.82. The van der Waals surface area contributed by atoms with Crippen LogP contribution < -0.4 is 22.9 Å². The molecule has 13 heavy (non-hydrogen) atoms. The Hall–Kier alpha value is -0.160. The van der Waals surface area contributed by atoms with Gasteiger partial charge in [0.2, 0.25) is 0 Å². The van der Waals surface area contributed by atoms with Gasteiger partial charge in [-0.15, -0.1) is 0 Å². The summed E-state index contributed by atoms with van der Waals surface area (Å²) in [5, 5.41) is 0. The summed E-state index contributed by atoms with van der Waals surface area (Å²) in [6.45, 7) is 5.96. The number of hydrogen-bond acceptors (Lipinski definition) is 4. The van der Waals surface area contributed by atoms with E-state index < -0.39 is 5.66 Å². The van der Waals surface area contributed by atoms with Crippen LogP contribution in [0.5, 0.6) is 0 Å². The van der Waals surface area contributed by atoms with Crippen molar-refractivity contribution in [1.29, 1.82) is 0 Å². The maximum Gasteiger partial charge on any atom is 0.0833 e. The van der Waals surface area contributed by atoms with Crippen LogP contribution in [0.4, 0.5) is 0 Å². The van der Waals surface area contributed by atoms with Gasteiger partial charge in [0, 0.05) is 18.0 Å². The molecular weight excluding hydrogens is 164 g/mol. The van der Waals surface area contributed by atoms with Crippen LogP contribution in [0.1, 0.15) is 33.6 Å². The molecule has 0 aliphatic rings. The first-order valence-corrected chi connectivity index (χ1v) is 4.96. The molecule has 4 nitrogen and oxygen atoms in total. The highest BCUT2D eigenvalue weighted by molar-refractivity contribution is 4.95. The van der Waals surface area contributed by atoms with Crippen LogP contribution in [0.3, 0.4) is 0 Å². The van der Waals surface area contributed by atoms with E-state index in [1.807, 2.05) is 20.8 Å². The van der Waals surface area contributed by atoms with Crippen molar-refractivity contribution in [3.05, 3.63) is 0 Å². The van der Waals surface area contributed by atoms with Crippen molar-refractivity contribution >= 4 is 0 Å². The summed E-state index contributed by atoms with van der Waals surface area (Å²) in [5.41, 5.74) is 22.8. The zero-order valence-electron chi connectivity index (χ0n) is 8.96. The van der Waals surface area contributed by atoms with Crippen molar-refractivity contribution in [1.82, 2.24) is 0 Å². The fourth-order valence-corrected chi connectivity index (χ4v) is 1.42. The molecule has 0 aromatic heterocycles. The molecule has 0 heterocycles. The van der Waals surface area contributed by atoms with E-state index in [4.69, 9.17) is 22.9 Å². The molecular formula is C9H24N4. The summed E-state index contributed by atoms with van der Waals surface area (Å²) < 4.78 is 0. The second-order valence-electron chi connectivity index (χ2n) is 3.88. The van der Waals surface area contributed by atoms with Gasteiger partial charge in [0.1, 0.15) is 0 Å². The van der Waals surface area contributed by atoms with Gasteiger partial charge in [-0.1, -0.05) is 20.8 Å². The van der Waals surface area contributed by atoms with Gasteiger partial charge in [0.05, 0.1) is 5.66 Å². The van der Waals surface area contributed by atoms with E-state index in [0.717, 1.165) is 12.8 Å². The molecule has 4 heteroatoms. The second kappa shape index (κ2) is 4.91. The first kappa shape index (κ1) is 12.8. The summed E-state index contributed by atoms with van der Waals surface area (Å²) in [6.07, 6.45) is 1.64. The van der Waals surface area contributed by atoms with E-state index in [1.54, 1.807) is 0 Å². The van der Waals surface area contributed by atoms with Gasteiger partial charge >= 0.3 is 0 Å². The quantitative estimate of drug-likeness (QED) is 0.445. The van der Waals surface area contributed by atoms with Crippen molar-refractivity contribution < 1.29 is 0 Å². The van der Waals surface area contributed by atoms with E-state index in [9.17, 15) is 0 Å². The lowest BCUT2D eigenvalue weighted by Gasteiger charge is -2.39. The van der Waals surface area contributed by atoms with Crippen LogP contribution >= 0.6 is 0 Å². The van der Waals surface area contributed by atoms with Crippen LogP contribution in [0, 0.1) is 5.92 Å². The van der Waals surface area contributed by atoms with Crippen LogP contribution in [0.25, 0.3) is 0 Å². The summed E-state index contributed by atoms with van der Waals surface area (Å²) >= 11 is 0. The highest BCUT2D eigenvalue weighted by Crippen LogP contribution is 2.18. The Balaban J connectivity index is 4.42. The monoisotopic (exact) mass is 188 g/mol. The van der Waals surface area contributed by atoms with Crippen LogP contribution in [0.15, 0.2) is 0 Å². The minimum Gasteiger partial charge on any atom is -0.327 e. The molecule has 80 valence electrons. The van der Waals surface area contributed by atoms with Gasteiger partial charge < -0.3 is 22.9 Å². The lowest BCUT2D eigenvalue weighted by molar-refractivity contribution is 0.207. The Morgan fingerprint density at radius 1 is 1.08 bits per heavy atom. The third-order valence-corrected chi connectivity index (χ3v) is 2.98. The second-order valence-corrected chi connectivity index (χ2v) is 3.88. The smallest absolute Gasteiger partial charge is 0.0833 e. The van der Waals surface area contributed by atoms with Gasteiger partial charge in [-0.2, -0.15) is 0 Å². The Labute approximate surface area is 81.0 Å². The molecule has 8 N–H and O–H groups in total. The van der Waals surface area contributed by atoms with Gasteiger partial charge in [0.15, 0.2) is 0 Å². The van der Waals surface area contributed by atoms with Crippen molar-refractivity contribution in [3.63, 3.8) is 0 Å². The Morgan fingerprint density at radius 2 is 1.54 bits per heavy atom. The Bertz CT molecular complexity index is 147. The van der Waals surface area contributed by atoms with Crippen molar-refractivity contribution in [2.75, 3.05) is 0 Å². The van der Waals surface area contributed by atoms with Crippen LogP contribution in [-0.2, 0) is 0 Å². The minimum atomic E-state index is -0.857. The zero-order chi connectivity index (χ0) is 10.6. The molecule has 0 aliphatic carbocycles. The highest BCUT2D eigenvalue weighted by Gasteiger charge is 2.35. The molecule has 0 saturated carbocycles. The molecule has 3 atom stereocenters. The SMILES string of the molecule is CCC(N)C(C)C(N)(N)C(N)CC. The molecule has 0 aromatic rings. The van der Waals surface area contributed by atoms with Crippen molar-refractivity contribution in [2.24, 2.45) is 28.9 Å². The third kappa shape index (κ3) is 2.91. The Kier molecular flexibility index (Phi) is 4.85. The average Bonchev–Trinajstić information content (AvgIpc) is 2.13. The molecule has 3 unspecified atom stereocenters. The van der Waals surface area contributed by atoms with E-state index >= 15 is 0 Å². The summed E-state index contributed by atoms with van der Waals surface area (Å²) in [7, 11) is 0. The standard InChI is InChI=1S/C9H24N4/c1-4-7(10)6(3)9(12,13)8(11)5-2/h6-8H,4-5,10-13H2,1-3H3. The first-order chi connectivity index (χ1) is 5.87. The zero-order valence-corrected chi connectivity index (χ0v) is 8.96. The molecule has 0 amide bonds. The maximum absolute atomic E-state index is 5.96. The average molecular weight is 188 g/mol. The first-order valence-electron chi connectivity index (χ1n) is 4.96.